The Morgan fingerprint density at radius 3 is 1.92 bits per heavy atom. The minimum Gasteiger partial charge on any atom is -0.363 e. The van der Waals surface area contributed by atoms with Crippen molar-refractivity contribution in [3.8, 4) is 0 Å². The highest BCUT2D eigenvalue weighted by molar-refractivity contribution is 6.29. The number of imide groups is 1. The highest BCUT2D eigenvalue weighted by Gasteiger charge is 2.57. The zero-order valence-electron chi connectivity index (χ0n) is 13.7. The third kappa shape index (κ3) is 2.57. The highest BCUT2D eigenvalue weighted by Crippen LogP contribution is 2.38. The molecular weight excluding hydrogens is 304 g/mol. The molecule has 1 saturated heterocycles. The minimum absolute atomic E-state index is 0.0358. The van der Waals surface area contributed by atoms with E-state index in [-0.39, 0.29) is 12.3 Å². The Morgan fingerprint density at radius 1 is 0.917 bits per heavy atom. The molecule has 1 N–H and O–H groups in total. The van der Waals surface area contributed by atoms with E-state index in [2.05, 4.69) is 0 Å². The number of anilines is 2. The summed E-state index contributed by atoms with van der Waals surface area (Å²) in [5, 5.41) is 11.2. The number of hydrogen-bond acceptors (Lipinski definition) is 3. The number of rotatable bonds is 4. The molecule has 0 spiro atoms. The van der Waals surface area contributed by atoms with Crippen molar-refractivity contribution in [2.75, 3.05) is 9.80 Å². The van der Waals surface area contributed by atoms with Crippen LogP contribution in [0.5, 0.6) is 0 Å². The normalized spacial score (nSPS) is 21.0. The summed E-state index contributed by atoms with van der Waals surface area (Å²) in [7, 11) is 0. The summed E-state index contributed by atoms with van der Waals surface area (Å²) >= 11 is 0. The van der Waals surface area contributed by atoms with E-state index in [1.165, 1.54) is 4.90 Å². The number of carbonyl (C=O) groups excluding carboxylic acids is 2. The first kappa shape index (κ1) is 16.2. The van der Waals surface area contributed by atoms with Gasteiger partial charge in [0.15, 0.2) is 0 Å². The molecule has 0 saturated carbocycles. The summed E-state index contributed by atoms with van der Waals surface area (Å²) in [4.78, 5) is 28.2. The summed E-state index contributed by atoms with van der Waals surface area (Å²) in [6, 6.07) is 16.9. The molecule has 1 unspecified atom stereocenters. The van der Waals surface area contributed by atoms with Crippen LogP contribution in [0.2, 0.25) is 0 Å². The van der Waals surface area contributed by atoms with Crippen molar-refractivity contribution in [1.82, 2.24) is 0 Å². The zero-order chi connectivity index (χ0) is 17.3. The zero-order valence-corrected chi connectivity index (χ0v) is 13.7. The maximum absolute atomic E-state index is 13.0. The van der Waals surface area contributed by atoms with Crippen LogP contribution in [0.15, 0.2) is 60.7 Å². The number of nitrogens with zero attached hydrogens (tertiary/aromatic N) is 2. The van der Waals surface area contributed by atoms with Crippen LogP contribution in [-0.4, -0.2) is 22.8 Å². The van der Waals surface area contributed by atoms with E-state index in [1.807, 2.05) is 26.0 Å². The van der Waals surface area contributed by atoms with E-state index in [0.717, 1.165) is 4.90 Å². The maximum atomic E-state index is 13.0. The molecule has 3 amide bonds. The van der Waals surface area contributed by atoms with Gasteiger partial charge in [-0.2, -0.15) is 0 Å². The predicted octanol–water partition coefficient (Wildman–Crippen LogP) is 3.39. The summed E-state index contributed by atoms with van der Waals surface area (Å²) in [6.07, 6.45) is 0.163. The third-order valence-corrected chi connectivity index (χ3v) is 4.02. The molecule has 1 aliphatic heterocycles. The molecule has 3 rings (SSSR count). The second kappa shape index (κ2) is 6.09. The molecule has 5 nitrogen and oxygen atoms in total. The molecule has 1 fully saturated rings. The smallest absolute Gasteiger partial charge is 0.338 e. The topological polar surface area (TPSA) is 60.9 Å². The van der Waals surface area contributed by atoms with Crippen LogP contribution in [0.25, 0.3) is 0 Å². The SMILES string of the molecule is CC(C)CC1(O)C(=O)N(c2ccccc2)C(=O)N1c1ccccc1. The molecular formula is C19H20N2O3. The minimum atomic E-state index is -1.89. The Morgan fingerprint density at radius 2 is 1.42 bits per heavy atom. The molecule has 1 heterocycles. The van der Waals surface area contributed by atoms with E-state index >= 15 is 0 Å². The molecule has 24 heavy (non-hydrogen) atoms. The Balaban J connectivity index is 2.11. The Kier molecular flexibility index (Phi) is 4.11. The monoisotopic (exact) mass is 324 g/mol. The number of aliphatic hydroxyl groups is 1. The van der Waals surface area contributed by atoms with Crippen molar-refractivity contribution in [2.45, 2.75) is 26.0 Å². The lowest BCUT2D eigenvalue weighted by Gasteiger charge is -2.31. The van der Waals surface area contributed by atoms with E-state index in [9.17, 15) is 14.7 Å². The molecule has 5 heteroatoms. The molecule has 124 valence electrons. The number of para-hydroxylation sites is 2. The molecule has 2 aromatic rings. The number of benzene rings is 2. The number of amides is 3. The molecule has 0 aliphatic carbocycles. The van der Waals surface area contributed by atoms with Crippen molar-refractivity contribution >= 4 is 23.3 Å². The van der Waals surface area contributed by atoms with Gasteiger partial charge in [-0.1, -0.05) is 50.2 Å². The van der Waals surface area contributed by atoms with Crippen LogP contribution in [0.1, 0.15) is 20.3 Å². The summed E-state index contributed by atoms with van der Waals surface area (Å²) in [5.74, 6) is -0.579. The van der Waals surface area contributed by atoms with Gasteiger partial charge in [0.1, 0.15) is 0 Å². The highest BCUT2D eigenvalue weighted by atomic mass is 16.3. The van der Waals surface area contributed by atoms with Gasteiger partial charge in [0.2, 0.25) is 5.72 Å². The molecule has 0 bridgehead atoms. The van der Waals surface area contributed by atoms with Crippen molar-refractivity contribution < 1.29 is 14.7 Å². The van der Waals surface area contributed by atoms with Crippen molar-refractivity contribution in [3.05, 3.63) is 60.7 Å². The Bertz CT molecular complexity index is 746. The van der Waals surface area contributed by atoms with Crippen molar-refractivity contribution in [2.24, 2.45) is 5.92 Å². The molecule has 2 aromatic carbocycles. The first-order valence-electron chi connectivity index (χ1n) is 7.96. The van der Waals surface area contributed by atoms with Gasteiger partial charge in [0, 0.05) is 12.1 Å². The second-order valence-corrected chi connectivity index (χ2v) is 6.34. The van der Waals surface area contributed by atoms with E-state index in [0.29, 0.717) is 11.4 Å². The first-order chi connectivity index (χ1) is 11.4. The van der Waals surface area contributed by atoms with Gasteiger partial charge in [0.05, 0.1) is 5.69 Å². The Hall–Kier alpha value is -2.66. The largest absolute Gasteiger partial charge is 0.363 e. The lowest BCUT2D eigenvalue weighted by atomic mass is 9.98. The van der Waals surface area contributed by atoms with Crippen LogP contribution >= 0.6 is 0 Å². The summed E-state index contributed by atoms with van der Waals surface area (Å²) in [6.45, 7) is 3.81. The van der Waals surface area contributed by atoms with Crippen molar-refractivity contribution in [3.63, 3.8) is 0 Å². The van der Waals surface area contributed by atoms with Gasteiger partial charge >= 0.3 is 6.03 Å². The van der Waals surface area contributed by atoms with Gasteiger partial charge in [-0.15, -0.1) is 0 Å². The molecule has 0 radical (unpaired) electrons. The Labute approximate surface area is 141 Å². The van der Waals surface area contributed by atoms with Crippen LogP contribution in [0.4, 0.5) is 16.2 Å². The predicted molar refractivity (Wildman–Crippen MR) is 92.6 cm³/mol. The summed E-state index contributed by atoms with van der Waals surface area (Å²) < 4.78 is 0. The fourth-order valence-corrected chi connectivity index (χ4v) is 3.07. The summed E-state index contributed by atoms with van der Waals surface area (Å²) in [5.41, 5.74) is -0.937. The fourth-order valence-electron chi connectivity index (χ4n) is 3.07. The quantitative estimate of drug-likeness (QED) is 0.877. The van der Waals surface area contributed by atoms with Crippen LogP contribution in [0, 0.1) is 5.92 Å². The van der Waals surface area contributed by atoms with Crippen LogP contribution in [0.3, 0.4) is 0 Å². The number of carbonyl (C=O) groups is 2. The van der Waals surface area contributed by atoms with Gasteiger partial charge < -0.3 is 5.11 Å². The van der Waals surface area contributed by atoms with Crippen molar-refractivity contribution in [1.29, 1.82) is 0 Å². The fraction of sp³-hybridized carbons (Fsp3) is 0.263. The molecule has 1 aliphatic rings. The third-order valence-electron chi connectivity index (χ3n) is 4.02. The maximum Gasteiger partial charge on any atom is 0.338 e. The van der Waals surface area contributed by atoms with E-state index in [1.54, 1.807) is 48.5 Å². The van der Waals surface area contributed by atoms with E-state index < -0.39 is 17.7 Å². The van der Waals surface area contributed by atoms with E-state index in [4.69, 9.17) is 0 Å². The lowest BCUT2D eigenvalue weighted by molar-refractivity contribution is -0.134. The van der Waals surface area contributed by atoms with Crippen LogP contribution in [-0.2, 0) is 4.79 Å². The second-order valence-electron chi connectivity index (χ2n) is 6.34. The average Bonchev–Trinajstić information content (AvgIpc) is 2.74. The van der Waals surface area contributed by atoms with Gasteiger partial charge in [-0.25, -0.2) is 9.69 Å². The standard InChI is InChI=1S/C19H20N2O3/c1-14(2)13-19(24)17(22)20(15-9-5-3-6-10-15)18(23)21(19)16-11-7-4-8-12-16/h3-12,14,24H,13H2,1-2H3. The molecule has 0 aromatic heterocycles. The van der Waals surface area contributed by atoms with Gasteiger partial charge in [-0.05, 0) is 30.2 Å². The number of urea groups is 1. The average molecular weight is 324 g/mol. The van der Waals surface area contributed by atoms with Gasteiger partial charge in [0.25, 0.3) is 5.91 Å². The number of hydrogen-bond donors (Lipinski definition) is 1. The molecule has 1 atom stereocenters. The van der Waals surface area contributed by atoms with Crippen LogP contribution < -0.4 is 9.80 Å². The van der Waals surface area contributed by atoms with Gasteiger partial charge in [-0.3, -0.25) is 9.69 Å². The first-order valence-corrected chi connectivity index (χ1v) is 7.96. The lowest BCUT2D eigenvalue weighted by Crippen LogP contribution is -2.51.